The molecule has 2 N–H and O–H groups in total. The summed E-state index contributed by atoms with van der Waals surface area (Å²) >= 11 is 5.85. The molecule has 7 heteroatoms. The standard InChI is InChI=1S/C19H14ClF2N3O/c20-13-3-1-12(2-4-13)11-24-15-7-8-23-18(10-15)19(26)25-17-6-5-14(21)9-16(17)22/h1-10H,11H2,(H,23,24)(H,25,26). The Balaban J connectivity index is 1.67. The van der Waals surface area contributed by atoms with Crippen LogP contribution >= 0.6 is 11.6 Å². The van der Waals surface area contributed by atoms with Crippen molar-refractivity contribution in [3.8, 4) is 0 Å². The fourth-order valence-electron chi connectivity index (χ4n) is 2.25. The lowest BCUT2D eigenvalue weighted by Gasteiger charge is -2.09. The molecule has 26 heavy (non-hydrogen) atoms. The zero-order chi connectivity index (χ0) is 18.5. The van der Waals surface area contributed by atoms with E-state index < -0.39 is 17.5 Å². The van der Waals surface area contributed by atoms with Gasteiger partial charge in [-0.1, -0.05) is 23.7 Å². The number of nitrogens with one attached hydrogen (secondary N) is 2. The zero-order valence-electron chi connectivity index (χ0n) is 13.5. The number of rotatable bonds is 5. The Morgan fingerprint density at radius 3 is 2.54 bits per heavy atom. The van der Waals surface area contributed by atoms with Crippen LogP contribution in [0, 0.1) is 11.6 Å². The summed E-state index contributed by atoms with van der Waals surface area (Å²) in [6, 6.07) is 13.6. The van der Waals surface area contributed by atoms with Crippen molar-refractivity contribution in [1.82, 2.24) is 4.98 Å². The van der Waals surface area contributed by atoms with E-state index in [1.54, 1.807) is 24.3 Å². The molecular formula is C19H14ClF2N3O. The summed E-state index contributed by atoms with van der Waals surface area (Å²) in [6.07, 6.45) is 1.47. The number of halogens is 3. The van der Waals surface area contributed by atoms with Crippen LogP contribution < -0.4 is 10.6 Å². The van der Waals surface area contributed by atoms with Crippen molar-refractivity contribution in [3.05, 3.63) is 88.7 Å². The van der Waals surface area contributed by atoms with E-state index in [2.05, 4.69) is 15.6 Å². The highest BCUT2D eigenvalue weighted by Crippen LogP contribution is 2.17. The van der Waals surface area contributed by atoms with Gasteiger partial charge in [-0.15, -0.1) is 0 Å². The Morgan fingerprint density at radius 2 is 1.81 bits per heavy atom. The van der Waals surface area contributed by atoms with E-state index in [9.17, 15) is 13.6 Å². The molecule has 0 aliphatic carbocycles. The van der Waals surface area contributed by atoms with Crippen molar-refractivity contribution in [1.29, 1.82) is 0 Å². The summed E-state index contributed by atoms with van der Waals surface area (Å²) in [5, 5.41) is 6.20. The monoisotopic (exact) mass is 373 g/mol. The van der Waals surface area contributed by atoms with E-state index in [4.69, 9.17) is 11.6 Å². The Morgan fingerprint density at radius 1 is 1.04 bits per heavy atom. The smallest absolute Gasteiger partial charge is 0.274 e. The lowest BCUT2D eigenvalue weighted by molar-refractivity contribution is 0.102. The molecule has 0 saturated carbocycles. The molecule has 0 radical (unpaired) electrons. The van der Waals surface area contributed by atoms with Crippen LogP contribution in [0.1, 0.15) is 16.1 Å². The highest BCUT2D eigenvalue weighted by Gasteiger charge is 2.12. The van der Waals surface area contributed by atoms with Gasteiger partial charge in [-0.05, 0) is 42.0 Å². The average Bonchev–Trinajstić information content (AvgIpc) is 2.64. The minimum absolute atomic E-state index is 0.106. The van der Waals surface area contributed by atoms with Crippen LogP contribution in [0.3, 0.4) is 0 Å². The number of anilines is 2. The number of benzene rings is 2. The number of hydrogen-bond donors (Lipinski definition) is 2. The third-order valence-corrected chi connectivity index (χ3v) is 3.83. The summed E-state index contributed by atoms with van der Waals surface area (Å²) in [5.74, 6) is -2.16. The molecule has 4 nitrogen and oxygen atoms in total. The first-order valence-electron chi connectivity index (χ1n) is 7.72. The summed E-state index contributed by atoms with van der Waals surface area (Å²) < 4.78 is 26.6. The molecule has 0 aliphatic heterocycles. The van der Waals surface area contributed by atoms with Gasteiger partial charge in [0.05, 0.1) is 5.69 Å². The van der Waals surface area contributed by atoms with Gasteiger partial charge in [0.2, 0.25) is 0 Å². The summed E-state index contributed by atoms with van der Waals surface area (Å²) in [7, 11) is 0. The van der Waals surface area contributed by atoms with Crippen LogP contribution in [-0.2, 0) is 6.54 Å². The van der Waals surface area contributed by atoms with E-state index in [0.717, 1.165) is 17.7 Å². The number of amides is 1. The maximum absolute atomic E-state index is 13.6. The molecule has 0 fully saturated rings. The molecule has 1 heterocycles. The maximum Gasteiger partial charge on any atom is 0.274 e. The Hall–Kier alpha value is -2.99. The molecule has 1 aromatic heterocycles. The van der Waals surface area contributed by atoms with Crippen LogP contribution in [0.15, 0.2) is 60.8 Å². The number of aromatic nitrogens is 1. The SMILES string of the molecule is O=C(Nc1ccc(F)cc1F)c1cc(NCc2ccc(Cl)cc2)ccn1. The summed E-state index contributed by atoms with van der Waals surface area (Å²) in [6.45, 7) is 0.537. The normalized spacial score (nSPS) is 10.4. The van der Waals surface area contributed by atoms with Gasteiger partial charge in [0, 0.05) is 29.5 Å². The van der Waals surface area contributed by atoms with Crippen molar-refractivity contribution in [2.75, 3.05) is 10.6 Å². The van der Waals surface area contributed by atoms with E-state index in [1.807, 2.05) is 12.1 Å². The highest BCUT2D eigenvalue weighted by molar-refractivity contribution is 6.30. The topological polar surface area (TPSA) is 54.0 Å². The van der Waals surface area contributed by atoms with Crippen LogP contribution in [0.4, 0.5) is 20.2 Å². The van der Waals surface area contributed by atoms with E-state index in [-0.39, 0.29) is 11.4 Å². The second-order valence-electron chi connectivity index (χ2n) is 5.49. The maximum atomic E-state index is 13.6. The van der Waals surface area contributed by atoms with Crippen molar-refractivity contribution < 1.29 is 13.6 Å². The van der Waals surface area contributed by atoms with Gasteiger partial charge in [0.15, 0.2) is 0 Å². The van der Waals surface area contributed by atoms with E-state index in [0.29, 0.717) is 23.3 Å². The van der Waals surface area contributed by atoms with Gasteiger partial charge in [0.1, 0.15) is 17.3 Å². The summed E-state index contributed by atoms with van der Waals surface area (Å²) in [5.41, 5.74) is 1.69. The molecule has 2 aromatic carbocycles. The Labute approximate surface area is 153 Å². The van der Waals surface area contributed by atoms with Crippen LogP contribution in [0.5, 0.6) is 0 Å². The molecular weight excluding hydrogens is 360 g/mol. The molecule has 0 aliphatic rings. The molecule has 0 bridgehead atoms. The number of carbonyl (C=O) groups is 1. The predicted molar refractivity (Wildman–Crippen MR) is 97.3 cm³/mol. The number of nitrogens with zero attached hydrogens (tertiary/aromatic N) is 1. The van der Waals surface area contributed by atoms with Crippen molar-refractivity contribution in [3.63, 3.8) is 0 Å². The largest absolute Gasteiger partial charge is 0.381 e. The van der Waals surface area contributed by atoms with Gasteiger partial charge in [0.25, 0.3) is 5.91 Å². The molecule has 132 valence electrons. The number of pyridine rings is 1. The molecule has 3 aromatic rings. The molecule has 0 saturated heterocycles. The van der Waals surface area contributed by atoms with Gasteiger partial charge in [-0.25, -0.2) is 8.78 Å². The van der Waals surface area contributed by atoms with Gasteiger partial charge >= 0.3 is 0 Å². The van der Waals surface area contributed by atoms with E-state index >= 15 is 0 Å². The van der Waals surface area contributed by atoms with Crippen LogP contribution in [0.2, 0.25) is 5.02 Å². The second kappa shape index (κ2) is 7.93. The molecule has 0 atom stereocenters. The molecule has 0 unspecified atom stereocenters. The number of carbonyl (C=O) groups excluding carboxylic acids is 1. The van der Waals surface area contributed by atoms with Crippen molar-refractivity contribution in [2.24, 2.45) is 0 Å². The Bertz CT molecular complexity index is 932. The average molecular weight is 374 g/mol. The van der Waals surface area contributed by atoms with Gasteiger partial charge < -0.3 is 10.6 Å². The van der Waals surface area contributed by atoms with Crippen LogP contribution in [-0.4, -0.2) is 10.9 Å². The first-order valence-corrected chi connectivity index (χ1v) is 8.10. The Kier molecular flexibility index (Phi) is 5.43. The third-order valence-electron chi connectivity index (χ3n) is 3.58. The third kappa shape index (κ3) is 4.55. The molecule has 0 spiro atoms. The highest BCUT2D eigenvalue weighted by atomic mass is 35.5. The number of hydrogen-bond acceptors (Lipinski definition) is 3. The fourth-order valence-corrected chi connectivity index (χ4v) is 2.37. The second-order valence-corrected chi connectivity index (χ2v) is 5.92. The van der Waals surface area contributed by atoms with Crippen molar-refractivity contribution >= 4 is 28.9 Å². The quantitative estimate of drug-likeness (QED) is 0.670. The van der Waals surface area contributed by atoms with E-state index in [1.165, 1.54) is 6.20 Å². The molecule has 1 amide bonds. The van der Waals surface area contributed by atoms with Crippen LogP contribution in [0.25, 0.3) is 0 Å². The summed E-state index contributed by atoms with van der Waals surface area (Å²) in [4.78, 5) is 16.2. The van der Waals surface area contributed by atoms with Gasteiger partial charge in [-0.3, -0.25) is 9.78 Å². The van der Waals surface area contributed by atoms with Crippen molar-refractivity contribution in [2.45, 2.75) is 6.54 Å². The zero-order valence-corrected chi connectivity index (χ0v) is 14.2. The minimum atomic E-state index is -0.852. The molecule has 3 rings (SSSR count). The lowest BCUT2D eigenvalue weighted by atomic mass is 10.2. The fraction of sp³-hybridized carbons (Fsp3) is 0.0526. The minimum Gasteiger partial charge on any atom is -0.381 e. The lowest BCUT2D eigenvalue weighted by Crippen LogP contribution is -2.15. The first-order chi connectivity index (χ1) is 12.5. The first kappa shape index (κ1) is 17.8. The predicted octanol–water partition coefficient (Wildman–Crippen LogP) is 4.88. The van der Waals surface area contributed by atoms with Gasteiger partial charge in [-0.2, -0.15) is 0 Å².